The molecule has 2 aliphatic rings. The maximum Gasteiger partial charge on any atom is 0.228 e. The van der Waals surface area contributed by atoms with Crippen molar-refractivity contribution in [2.24, 2.45) is 0 Å². The first-order valence-electron chi connectivity index (χ1n) is 12.2. The Morgan fingerprint density at radius 1 is 0.941 bits per heavy atom. The Bertz CT molecular complexity index is 1170. The van der Waals surface area contributed by atoms with Crippen LogP contribution in [0.15, 0.2) is 72.8 Å². The van der Waals surface area contributed by atoms with Gasteiger partial charge in [-0.05, 0) is 41.3 Å². The van der Waals surface area contributed by atoms with Crippen LogP contribution in [0.1, 0.15) is 46.3 Å². The monoisotopic (exact) mass is 453 g/mol. The Labute approximate surface area is 201 Å². The molecule has 0 aromatic heterocycles. The number of rotatable bonds is 6. The van der Waals surface area contributed by atoms with Crippen molar-refractivity contribution in [3.63, 3.8) is 0 Å². The minimum atomic E-state index is -0.468. The first-order chi connectivity index (χ1) is 16.6. The summed E-state index contributed by atoms with van der Waals surface area (Å²) >= 11 is 0. The van der Waals surface area contributed by atoms with Gasteiger partial charge in [0.1, 0.15) is 0 Å². The minimum absolute atomic E-state index is 0.00481. The molecular formula is C29H31N3O2. The third-order valence-electron chi connectivity index (χ3n) is 6.99. The second-order valence-electron chi connectivity index (χ2n) is 9.12. The number of nitrogens with one attached hydrogen (secondary N) is 1. The van der Waals surface area contributed by atoms with Gasteiger partial charge in [0.2, 0.25) is 5.91 Å². The molecule has 0 aliphatic carbocycles. The molecule has 3 aromatic carbocycles. The highest BCUT2D eigenvalue weighted by atomic mass is 16.2. The molecule has 0 saturated carbocycles. The summed E-state index contributed by atoms with van der Waals surface area (Å²) in [6, 6.07) is 24.1. The van der Waals surface area contributed by atoms with Crippen LogP contribution in [0.3, 0.4) is 0 Å². The minimum Gasteiger partial charge on any atom is -0.369 e. The topological polar surface area (TPSA) is 52.7 Å². The zero-order valence-corrected chi connectivity index (χ0v) is 19.7. The number of Topliss-reactive ketones (excluding diaryl/α,β-unsaturated/α-hetero) is 1. The van der Waals surface area contributed by atoms with Gasteiger partial charge in [0.15, 0.2) is 5.78 Å². The van der Waals surface area contributed by atoms with Crippen LogP contribution in [-0.4, -0.2) is 37.9 Å². The summed E-state index contributed by atoms with van der Waals surface area (Å²) in [6.07, 6.45) is 1.13. The summed E-state index contributed by atoms with van der Waals surface area (Å²) in [5.41, 5.74) is 5.87. The van der Waals surface area contributed by atoms with E-state index in [2.05, 4.69) is 29.3 Å². The van der Waals surface area contributed by atoms with Gasteiger partial charge in [0.25, 0.3) is 0 Å². The van der Waals surface area contributed by atoms with Crippen LogP contribution in [-0.2, 0) is 17.8 Å². The van der Waals surface area contributed by atoms with Crippen LogP contribution < -0.4 is 15.1 Å². The van der Waals surface area contributed by atoms with E-state index in [1.54, 1.807) is 0 Å². The van der Waals surface area contributed by atoms with Crippen LogP contribution in [0, 0.1) is 0 Å². The largest absolute Gasteiger partial charge is 0.369 e. The summed E-state index contributed by atoms with van der Waals surface area (Å²) in [4.78, 5) is 31.2. The molecule has 1 fully saturated rings. The molecule has 34 heavy (non-hydrogen) atoms. The first-order valence-corrected chi connectivity index (χ1v) is 12.2. The molecule has 1 amide bonds. The highest BCUT2D eigenvalue weighted by Crippen LogP contribution is 2.41. The maximum atomic E-state index is 13.7. The molecule has 3 aromatic rings. The van der Waals surface area contributed by atoms with Crippen LogP contribution in [0.25, 0.3) is 0 Å². The van der Waals surface area contributed by atoms with Crippen LogP contribution in [0.2, 0.25) is 0 Å². The molecule has 174 valence electrons. The van der Waals surface area contributed by atoms with Crippen molar-refractivity contribution in [2.75, 3.05) is 36.0 Å². The van der Waals surface area contributed by atoms with Gasteiger partial charge in [-0.3, -0.25) is 9.59 Å². The van der Waals surface area contributed by atoms with Gasteiger partial charge >= 0.3 is 0 Å². The standard InChI is InChI=1S/C29H31N3O2/c1-2-21-8-10-23(11-9-21)29(34)26-19-28(33)32(20-22-6-4-3-5-7-22)27-13-12-24(18-25(26)27)31-16-14-30-15-17-31/h3-13,18,26,30H,2,14-17,19-20H2,1H3. The lowest BCUT2D eigenvalue weighted by Gasteiger charge is -2.36. The van der Waals surface area contributed by atoms with E-state index in [0.717, 1.165) is 55.1 Å². The Morgan fingerprint density at radius 2 is 1.68 bits per heavy atom. The highest BCUT2D eigenvalue weighted by molar-refractivity contribution is 6.09. The average Bonchev–Trinajstić information content (AvgIpc) is 2.90. The molecular weight excluding hydrogens is 422 g/mol. The Kier molecular flexibility index (Phi) is 6.45. The van der Waals surface area contributed by atoms with E-state index < -0.39 is 5.92 Å². The molecule has 0 radical (unpaired) electrons. The fourth-order valence-electron chi connectivity index (χ4n) is 4.99. The lowest BCUT2D eigenvalue weighted by Crippen LogP contribution is -2.44. The van der Waals surface area contributed by atoms with Crippen molar-refractivity contribution >= 4 is 23.1 Å². The van der Waals surface area contributed by atoms with Gasteiger partial charge in [0.05, 0.1) is 12.5 Å². The van der Waals surface area contributed by atoms with Crippen LogP contribution >= 0.6 is 0 Å². The molecule has 0 bridgehead atoms. The molecule has 2 heterocycles. The average molecular weight is 454 g/mol. The van der Waals surface area contributed by atoms with Gasteiger partial charge in [-0.15, -0.1) is 0 Å². The van der Waals surface area contributed by atoms with E-state index in [4.69, 9.17) is 0 Å². The zero-order chi connectivity index (χ0) is 23.5. The number of ketones is 1. The zero-order valence-electron chi connectivity index (χ0n) is 19.7. The number of carbonyl (C=O) groups excluding carboxylic acids is 2. The summed E-state index contributed by atoms with van der Waals surface area (Å²) in [7, 11) is 0. The predicted molar refractivity (Wildman–Crippen MR) is 137 cm³/mol. The number of amides is 1. The van der Waals surface area contributed by atoms with Gasteiger partial charge in [0, 0.05) is 49.5 Å². The van der Waals surface area contributed by atoms with Crippen molar-refractivity contribution in [2.45, 2.75) is 32.2 Å². The summed E-state index contributed by atoms with van der Waals surface area (Å²) in [5.74, 6) is -0.450. The lowest BCUT2D eigenvalue weighted by molar-refractivity contribution is -0.119. The van der Waals surface area contributed by atoms with E-state index in [9.17, 15) is 9.59 Å². The summed E-state index contributed by atoms with van der Waals surface area (Å²) in [5, 5.41) is 3.40. The first kappa shape index (κ1) is 22.4. The number of fused-ring (bicyclic) bond motifs is 1. The number of piperazine rings is 1. The third-order valence-corrected chi connectivity index (χ3v) is 6.99. The molecule has 5 rings (SSSR count). The number of benzene rings is 3. The van der Waals surface area contributed by atoms with Gasteiger partial charge in [-0.1, -0.05) is 61.5 Å². The second kappa shape index (κ2) is 9.82. The Morgan fingerprint density at radius 3 is 2.38 bits per heavy atom. The van der Waals surface area contributed by atoms with Crippen molar-refractivity contribution in [3.8, 4) is 0 Å². The van der Waals surface area contributed by atoms with E-state index in [1.165, 1.54) is 5.56 Å². The number of anilines is 2. The fraction of sp³-hybridized carbons (Fsp3) is 0.310. The quantitative estimate of drug-likeness (QED) is 0.556. The van der Waals surface area contributed by atoms with Crippen molar-refractivity contribution in [1.82, 2.24) is 5.32 Å². The summed E-state index contributed by atoms with van der Waals surface area (Å²) < 4.78 is 0. The molecule has 1 N–H and O–H groups in total. The van der Waals surface area contributed by atoms with Crippen LogP contribution in [0.5, 0.6) is 0 Å². The predicted octanol–water partition coefficient (Wildman–Crippen LogP) is 4.56. The number of nitrogens with zero attached hydrogens (tertiary/aromatic N) is 2. The van der Waals surface area contributed by atoms with Crippen LogP contribution in [0.4, 0.5) is 11.4 Å². The van der Waals surface area contributed by atoms with E-state index in [1.807, 2.05) is 65.6 Å². The molecule has 0 spiro atoms. The van der Waals surface area contributed by atoms with Crippen molar-refractivity contribution in [1.29, 1.82) is 0 Å². The van der Waals surface area contributed by atoms with Gasteiger partial charge in [-0.25, -0.2) is 0 Å². The molecule has 1 saturated heterocycles. The highest BCUT2D eigenvalue weighted by Gasteiger charge is 2.36. The van der Waals surface area contributed by atoms with Gasteiger partial charge in [-0.2, -0.15) is 0 Å². The van der Waals surface area contributed by atoms with E-state index in [-0.39, 0.29) is 18.1 Å². The lowest BCUT2D eigenvalue weighted by atomic mass is 9.83. The van der Waals surface area contributed by atoms with E-state index >= 15 is 0 Å². The fourth-order valence-corrected chi connectivity index (χ4v) is 4.99. The van der Waals surface area contributed by atoms with E-state index in [0.29, 0.717) is 12.1 Å². The molecule has 1 atom stereocenters. The number of aryl methyl sites for hydroxylation is 1. The number of hydrogen-bond donors (Lipinski definition) is 1. The molecule has 1 unspecified atom stereocenters. The smallest absolute Gasteiger partial charge is 0.228 e. The molecule has 5 heteroatoms. The van der Waals surface area contributed by atoms with Crippen molar-refractivity contribution in [3.05, 3.63) is 95.1 Å². The van der Waals surface area contributed by atoms with Gasteiger partial charge < -0.3 is 15.1 Å². The maximum absolute atomic E-state index is 13.7. The molecule has 2 aliphatic heterocycles. The molecule has 5 nitrogen and oxygen atoms in total. The number of hydrogen-bond acceptors (Lipinski definition) is 4. The van der Waals surface area contributed by atoms with Crippen molar-refractivity contribution < 1.29 is 9.59 Å². The Hall–Kier alpha value is -3.44. The third kappa shape index (κ3) is 4.48. The second-order valence-corrected chi connectivity index (χ2v) is 9.12. The summed E-state index contributed by atoms with van der Waals surface area (Å²) in [6.45, 7) is 6.37. The normalized spacial score (nSPS) is 18.0. The Balaban J connectivity index is 1.53. The number of carbonyl (C=O) groups is 2. The SMILES string of the molecule is CCc1ccc(C(=O)C2CC(=O)N(Cc3ccccc3)c3ccc(N4CCNCC4)cc32)cc1.